The second kappa shape index (κ2) is 8.66. The van der Waals surface area contributed by atoms with Crippen molar-refractivity contribution in [1.29, 1.82) is 0 Å². The average Bonchev–Trinajstić information content (AvgIpc) is 2.88. The van der Waals surface area contributed by atoms with Crippen molar-refractivity contribution in [2.24, 2.45) is 5.10 Å². The molecule has 1 atom stereocenters. The highest BCUT2D eigenvalue weighted by Gasteiger charge is 2.50. The van der Waals surface area contributed by atoms with Crippen LogP contribution in [0, 0.1) is 5.82 Å². The number of hydrazone groups is 1. The minimum absolute atomic E-state index is 0.261. The smallest absolute Gasteiger partial charge is 0.306 e. The fourth-order valence-corrected chi connectivity index (χ4v) is 4.77. The number of urea groups is 1. The van der Waals surface area contributed by atoms with Crippen LogP contribution in [0.3, 0.4) is 0 Å². The summed E-state index contributed by atoms with van der Waals surface area (Å²) in [5.41, 5.74) is 0.686. The van der Waals surface area contributed by atoms with Crippen molar-refractivity contribution in [2.45, 2.75) is 24.8 Å². The first-order chi connectivity index (χ1) is 13.7. The van der Waals surface area contributed by atoms with Gasteiger partial charge in [-0.3, -0.25) is 5.21 Å². The fraction of sp³-hybridized carbons (Fsp3) is 0.211. The number of thioether (sulfide) groups is 1. The molecule has 0 aliphatic carbocycles. The molecule has 0 saturated carbocycles. The third-order valence-corrected chi connectivity index (χ3v) is 5.90. The molecule has 0 radical (unpaired) electrons. The molecule has 1 aliphatic heterocycles. The number of carbonyl (C=O) groups is 1. The molecule has 10 heteroatoms. The largest absolute Gasteiger partial charge is 0.347 e. The molecule has 0 aromatic heterocycles. The molecule has 152 valence electrons. The van der Waals surface area contributed by atoms with Crippen LogP contribution in [0.15, 0.2) is 53.6 Å². The maximum absolute atomic E-state index is 13.9. The molecule has 1 fully saturated rings. The van der Waals surface area contributed by atoms with Gasteiger partial charge in [0.05, 0.1) is 11.0 Å². The molecule has 1 heterocycles. The van der Waals surface area contributed by atoms with Gasteiger partial charge in [-0.05, 0) is 38.1 Å². The van der Waals surface area contributed by atoms with Gasteiger partial charge in [-0.1, -0.05) is 59.8 Å². The Labute approximate surface area is 182 Å². The summed E-state index contributed by atoms with van der Waals surface area (Å²) in [5.74, 6) is -0.440. The van der Waals surface area contributed by atoms with Crippen LogP contribution in [-0.2, 0) is 0 Å². The predicted molar refractivity (Wildman–Crippen MR) is 118 cm³/mol. The van der Waals surface area contributed by atoms with E-state index in [9.17, 15) is 14.4 Å². The third-order valence-electron chi connectivity index (χ3n) is 4.13. The van der Waals surface area contributed by atoms with Crippen molar-refractivity contribution in [3.05, 3.63) is 64.9 Å². The first-order valence-electron chi connectivity index (χ1n) is 8.54. The second-order valence-electron chi connectivity index (χ2n) is 6.74. The Morgan fingerprint density at radius 3 is 2.79 bits per heavy atom. The lowest BCUT2D eigenvalue weighted by atomic mass is 10.1. The number of nitrogens with one attached hydrogen (secondary N) is 1. The quantitative estimate of drug-likeness (QED) is 0.290. The Balaban J connectivity index is 1.84. The zero-order valence-corrected chi connectivity index (χ0v) is 17.9. The van der Waals surface area contributed by atoms with E-state index in [4.69, 9.17) is 23.8 Å². The molecule has 0 bridgehead atoms. The topological polar surface area (TPSA) is 68.2 Å². The van der Waals surface area contributed by atoms with Crippen molar-refractivity contribution in [1.82, 2.24) is 10.1 Å². The van der Waals surface area contributed by atoms with Gasteiger partial charge >= 0.3 is 6.03 Å². The van der Waals surface area contributed by atoms with Gasteiger partial charge in [-0.25, -0.2) is 14.2 Å². The van der Waals surface area contributed by atoms with Crippen LogP contribution < -0.4 is 5.32 Å². The van der Waals surface area contributed by atoms with E-state index in [-0.39, 0.29) is 5.56 Å². The summed E-state index contributed by atoms with van der Waals surface area (Å²) in [5, 5.41) is 19.8. The van der Waals surface area contributed by atoms with Gasteiger partial charge in [0.25, 0.3) is 0 Å². The van der Waals surface area contributed by atoms with E-state index in [2.05, 4.69) is 10.4 Å². The van der Waals surface area contributed by atoms with Crippen LogP contribution >= 0.6 is 35.6 Å². The summed E-state index contributed by atoms with van der Waals surface area (Å²) >= 11 is 12.6. The predicted octanol–water partition coefficient (Wildman–Crippen LogP) is 5.17. The van der Waals surface area contributed by atoms with Gasteiger partial charge in [0.2, 0.25) is 0 Å². The highest BCUT2D eigenvalue weighted by Crippen LogP contribution is 2.42. The molecule has 2 aromatic rings. The van der Waals surface area contributed by atoms with Crippen LogP contribution in [0.2, 0.25) is 5.02 Å². The molecular formula is C19H18ClFN4O2S2. The first-order valence-corrected chi connectivity index (χ1v) is 10.1. The molecule has 2 N–H and O–H groups in total. The van der Waals surface area contributed by atoms with Gasteiger partial charge in [-0.2, -0.15) is 10.2 Å². The number of hydrogen-bond acceptors (Lipinski definition) is 5. The Morgan fingerprint density at radius 2 is 2.10 bits per heavy atom. The zero-order chi connectivity index (χ0) is 21.2. The van der Waals surface area contributed by atoms with E-state index in [1.165, 1.54) is 29.1 Å². The van der Waals surface area contributed by atoms with Crippen molar-refractivity contribution >= 4 is 57.8 Å². The molecule has 6 nitrogen and oxygen atoms in total. The van der Waals surface area contributed by atoms with Crippen LogP contribution in [0.4, 0.5) is 14.9 Å². The van der Waals surface area contributed by atoms with E-state index in [1.54, 1.807) is 42.5 Å². The Hall–Kier alpha value is -2.20. The third kappa shape index (κ3) is 4.87. The molecule has 29 heavy (non-hydrogen) atoms. The summed E-state index contributed by atoms with van der Waals surface area (Å²) < 4.78 is 13.6. The molecule has 1 aliphatic rings. The average molecular weight is 453 g/mol. The number of amides is 2. The van der Waals surface area contributed by atoms with Gasteiger partial charge in [0.1, 0.15) is 5.82 Å². The van der Waals surface area contributed by atoms with Crippen molar-refractivity contribution < 1.29 is 14.4 Å². The van der Waals surface area contributed by atoms with E-state index < -0.39 is 22.8 Å². The summed E-state index contributed by atoms with van der Waals surface area (Å²) in [6.45, 7) is 3.65. The minimum atomic E-state index is -0.915. The fourth-order valence-electron chi connectivity index (χ4n) is 2.79. The molecule has 0 spiro atoms. The zero-order valence-electron chi connectivity index (χ0n) is 15.5. The molecule has 3 rings (SSSR count). The number of nitrogens with zero attached hydrogens (tertiary/aromatic N) is 3. The second-order valence-corrected chi connectivity index (χ2v) is 9.47. The maximum Gasteiger partial charge on any atom is 0.347 e. The van der Waals surface area contributed by atoms with Crippen molar-refractivity contribution in [2.75, 3.05) is 5.32 Å². The molecule has 2 aromatic carbocycles. The standard InChI is InChI=1S/C19H18ClFN4O2S2/c1-19(2)16(25(27)17(26)23-14-8-5-7-13(20)10-14)24(18(28)29-19)22-11-12-6-3-4-9-15(12)21/h3-11,16,27H,1-2H3,(H,23,26)/b22-11-/t16-/m0/s1. The van der Waals surface area contributed by atoms with E-state index >= 15 is 0 Å². The highest BCUT2D eigenvalue weighted by molar-refractivity contribution is 8.24. The summed E-state index contributed by atoms with van der Waals surface area (Å²) in [7, 11) is 0. The van der Waals surface area contributed by atoms with Crippen molar-refractivity contribution in [3.8, 4) is 0 Å². The van der Waals surface area contributed by atoms with E-state index in [0.29, 0.717) is 20.1 Å². The van der Waals surface area contributed by atoms with Crippen LogP contribution in [0.1, 0.15) is 19.4 Å². The lowest BCUT2D eigenvalue weighted by molar-refractivity contribution is -0.114. The Kier molecular flexibility index (Phi) is 6.42. The summed E-state index contributed by atoms with van der Waals surface area (Å²) in [4.78, 5) is 12.6. The molecule has 2 amide bonds. The number of hydrogen-bond donors (Lipinski definition) is 2. The number of hydroxylamine groups is 2. The number of benzene rings is 2. The van der Waals surface area contributed by atoms with Crippen LogP contribution in [-0.4, -0.2) is 42.8 Å². The van der Waals surface area contributed by atoms with E-state index in [0.717, 1.165) is 0 Å². The van der Waals surface area contributed by atoms with Crippen LogP contribution in [0.5, 0.6) is 0 Å². The van der Waals surface area contributed by atoms with E-state index in [1.807, 2.05) is 13.8 Å². The lowest BCUT2D eigenvalue weighted by Crippen LogP contribution is -2.54. The number of anilines is 1. The Morgan fingerprint density at radius 1 is 1.38 bits per heavy atom. The van der Waals surface area contributed by atoms with Gasteiger partial charge in [-0.15, -0.1) is 0 Å². The SMILES string of the molecule is CC1(C)SC(=S)N(/N=C\c2ccccc2F)[C@H]1N(O)C(=O)Nc1cccc(Cl)c1. The van der Waals surface area contributed by atoms with Gasteiger partial charge < -0.3 is 5.32 Å². The van der Waals surface area contributed by atoms with Crippen molar-refractivity contribution in [3.63, 3.8) is 0 Å². The minimum Gasteiger partial charge on any atom is -0.306 e. The summed E-state index contributed by atoms with van der Waals surface area (Å²) in [6.07, 6.45) is 0.390. The Bertz CT molecular complexity index is 973. The van der Waals surface area contributed by atoms with Gasteiger partial charge in [0, 0.05) is 16.3 Å². The monoisotopic (exact) mass is 452 g/mol. The number of carbonyl (C=O) groups excluding carboxylic acids is 1. The first kappa shape index (κ1) is 21.5. The van der Waals surface area contributed by atoms with Crippen LogP contribution in [0.25, 0.3) is 0 Å². The highest BCUT2D eigenvalue weighted by atomic mass is 35.5. The number of rotatable bonds is 4. The molecule has 1 saturated heterocycles. The molecular weight excluding hydrogens is 435 g/mol. The number of halogens is 2. The number of thiocarbonyl (C=S) groups is 1. The van der Waals surface area contributed by atoms with Gasteiger partial charge in [0.15, 0.2) is 10.5 Å². The normalized spacial score (nSPS) is 18.3. The molecule has 0 unspecified atom stereocenters. The lowest BCUT2D eigenvalue weighted by Gasteiger charge is -2.34. The maximum atomic E-state index is 13.9. The summed E-state index contributed by atoms with van der Waals surface area (Å²) in [6, 6.07) is 11.9.